The van der Waals surface area contributed by atoms with Crippen molar-refractivity contribution in [2.24, 2.45) is 0 Å². The summed E-state index contributed by atoms with van der Waals surface area (Å²) in [6.07, 6.45) is 2.94. The fourth-order valence-electron chi connectivity index (χ4n) is 1.71. The average molecular weight is 293 g/mol. The van der Waals surface area contributed by atoms with E-state index in [9.17, 15) is 0 Å². The van der Waals surface area contributed by atoms with Crippen molar-refractivity contribution >= 4 is 23.4 Å². The molecule has 0 aliphatic carbocycles. The number of nitrogens with one attached hydrogen (secondary N) is 1. The SMILES string of the molecule is CCCNCc1cc(Cl)ccc1Sc1ccccn1. The van der Waals surface area contributed by atoms with Crippen LogP contribution in [0.3, 0.4) is 0 Å². The standard InChI is InChI=1S/C15H17ClN2S/c1-2-8-17-11-12-10-13(16)6-7-14(12)19-15-5-3-4-9-18-15/h3-7,9-10,17H,2,8,11H2,1H3. The first-order valence-electron chi connectivity index (χ1n) is 6.37. The van der Waals surface area contributed by atoms with Crippen LogP contribution in [0.4, 0.5) is 0 Å². The van der Waals surface area contributed by atoms with Gasteiger partial charge in [0.05, 0.1) is 0 Å². The van der Waals surface area contributed by atoms with Crippen LogP contribution in [0.25, 0.3) is 0 Å². The molecule has 2 aromatic rings. The van der Waals surface area contributed by atoms with Gasteiger partial charge >= 0.3 is 0 Å². The summed E-state index contributed by atoms with van der Waals surface area (Å²) in [6, 6.07) is 12.0. The largest absolute Gasteiger partial charge is 0.313 e. The van der Waals surface area contributed by atoms with Crippen LogP contribution in [-0.2, 0) is 6.54 Å². The van der Waals surface area contributed by atoms with Crippen LogP contribution < -0.4 is 5.32 Å². The molecule has 1 N–H and O–H groups in total. The van der Waals surface area contributed by atoms with Crippen molar-refractivity contribution in [1.82, 2.24) is 10.3 Å². The molecule has 1 aromatic heterocycles. The van der Waals surface area contributed by atoms with E-state index < -0.39 is 0 Å². The lowest BCUT2D eigenvalue weighted by Crippen LogP contribution is -2.14. The van der Waals surface area contributed by atoms with Gasteiger partial charge in [-0.1, -0.05) is 36.4 Å². The van der Waals surface area contributed by atoms with Crippen molar-refractivity contribution in [2.45, 2.75) is 29.8 Å². The Labute approximate surface area is 123 Å². The highest BCUT2D eigenvalue weighted by Gasteiger charge is 2.06. The van der Waals surface area contributed by atoms with Crippen LogP contribution in [0.1, 0.15) is 18.9 Å². The van der Waals surface area contributed by atoms with Gasteiger partial charge in [0.15, 0.2) is 0 Å². The number of pyridine rings is 1. The summed E-state index contributed by atoms with van der Waals surface area (Å²) in [7, 11) is 0. The normalized spacial score (nSPS) is 10.6. The monoisotopic (exact) mass is 292 g/mol. The minimum absolute atomic E-state index is 0.777. The summed E-state index contributed by atoms with van der Waals surface area (Å²) in [5.41, 5.74) is 1.22. The Morgan fingerprint density at radius 1 is 1.26 bits per heavy atom. The molecule has 0 spiro atoms. The van der Waals surface area contributed by atoms with Gasteiger partial charge in [0.25, 0.3) is 0 Å². The third kappa shape index (κ3) is 4.53. The van der Waals surface area contributed by atoms with Gasteiger partial charge in [0.1, 0.15) is 5.03 Å². The first-order valence-corrected chi connectivity index (χ1v) is 7.57. The van der Waals surface area contributed by atoms with E-state index in [-0.39, 0.29) is 0 Å². The molecule has 0 bridgehead atoms. The summed E-state index contributed by atoms with van der Waals surface area (Å²) < 4.78 is 0. The van der Waals surface area contributed by atoms with Gasteiger partial charge in [-0.05, 0) is 48.9 Å². The second-order valence-electron chi connectivity index (χ2n) is 4.20. The molecule has 1 aromatic carbocycles. The Balaban J connectivity index is 2.14. The van der Waals surface area contributed by atoms with E-state index >= 15 is 0 Å². The van der Waals surface area contributed by atoms with E-state index in [2.05, 4.69) is 23.3 Å². The zero-order valence-corrected chi connectivity index (χ0v) is 12.5. The van der Waals surface area contributed by atoms with E-state index in [1.165, 1.54) is 10.5 Å². The maximum atomic E-state index is 6.08. The van der Waals surface area contributed by atoms with Crippen LogP contribution in [0.5, 0.6) is 0 Å². The maximum absolute atomic E-state index is 6.08. The smallest absolute Gasteiger partial charge is 0.101 e. The number of halogens is 1. The Morgan fingerprint density at radius 2 is 2.16 bits per heavy atom. The van der Waals surface area contributed by atoms with Crippen molar-refractivity contribution < 1.29 is 0 Å². The molecular formula is C15H17ClN2S. The lowest BCUT2D eigenvalue weighted by molar-refractivity contribution is 0.669. The molecule has 100 valence electrons. The topological polar surface area (TPSA) is 24.9 Å². The molecule has 2 nitrogen and oxygen atoms in total. The summed E-state index contributed by atoms with van der Waals surface area (Å²) >= 11 is 7.75. The van der Waals surface area contributed by atoms with E-state index in [4.69, 9.17) is 11.6 Å². The highest BCUT2D eigenvalue weighted by molar-refractivity contribution is 7.99. The molecule has 1 heterocycles. The van der Waals surface area contributed by atoms with Gasteiger partial charge in [0.2, 0.25) is 0 Å². The van der Waals surface area contributed by atoms with Gasteiger partial charge in [-0.25, -0.2) is 4.98 Å². The number of nitrogens with zero attached hydrogens (tertiary/aromatic N) is 1. The highest BCUT2D eigenvalue weighted by Crippen LogP contribution is 2.30. The molecule has 0 saturated heterocycles. The molecule has 0 radical (unpaired) electrons. The molecule has 0 aliphatic rings. The fourth-order valence-corrected chi connectivity index (χ4v) is 2.78. The van der Waals surface area contributed by atoms with E-state index in [1.807, 2.05) is 36.5 Å². The van der Waals surface area contributed by atoms with Crippen molar-refractivity contribution in [2.75, 3.05) is 6.54 Å². The van der Waals surface area contributed by atoms with Gasteiger partial charge in [0, 0.05) is 22.7 Å². The first-order chi connectivity index (χ1) is 9.29. The van der Waals surface area contributed by atoms with Crippen LogP contribution in [0.15, 0.2) is 52.5 Å². The van der Waals surface area contributed by atoms with Crippen molar-refractivity contribution in [3.05, 3.63) is 53.2 Å². The van der Waals surface area contributed by atoms with Crippen LogP contribution in [0.2, 0.25) is 5.02 Å². The molecule has 0 fully saturated rings. The lowest BCUT2D eigenvalue weighted by Gasteiger charge is -2.10. The Morgan fingerprint density at radius 3 is 2.89 bits per heavy atom. The van der Waals surface area contributed by atoms with E-state index in [0.717, 1.165) is 29.6 Å². The molecular weight excluding hydrogens is 276 g/mol. The lowest BCUT2D eigenvalue weighted by atomic mass is 10.2. The van der Waals surface area contributed by atoms with Gasteiger partial charge in [-0.15, -0.1) is 0 Å². The predicted octanol–water partition coefficient (Wildman–Crippen LogP) is 4.39. The molecule has 2 rings (SSSR count). The number of hydrogen-bond donors (Lipinski definition) is 1. The van der Waals surface area contributed by atoms with Crippen LogP contribution >= 0.6 is 23.4 Å². The molecule has 19 heavy (non-hydrogen) atoms. The van der Waals surface area contributed by atoms with Crippen molar-refractivity contribution in [1.29, 1.82) is 0 Å². The number of benzene rings is 1. The quantitative estimate of drug-likeness (QED) is 0.800. The molecule has 4 heteroatoms. The molecule has 0 unspecified atom stereocenters. The highest BCUT2D eigenvalue weighted by atomic mass is 35.5. The Kier molecular flexibility index (Phi) is 5.70. The second-order valence-corrected chi connectivity index (χ2v) is 5.70. The summed E-state index contributed by atoms with van der Waals surface area (Å²) in [5.74, 6) is 0. The molecule has 0 aliphatic heterocycles. The zero-order chi connectivity index (χ0) is 13.5. The summed E-state index contributed by atoms with van der Waals surface area (Å²) in [4.78, 5) is 5.54. The molecule has 0 saturated carbocycles. The Hall–Kier alpha value is -1.03. The van der Waals surface area contributed by atoms with Gasteiger partial charge in [-0.3, -0.25) is 0 Å². The van der Waals surface area contributed by atoms with E-state index in [1.54, 1.807) is 11.8 Å². The fraction of sp³-hybridized carbons (Fsp3) is 0.267. The minimum atomic E-state index is 0.777. The Bertz CT molecular complexity index is 517. The van der Waals surface area contributed by atoms with E-state index in [0.29, 0.717) is 0 Å². The summed E-state index contributed by atoms with van der Waals surface area (Å²) in [6.45, 7) is 4.01. The van der Waals surface area contributed by atoms with Crippen molar-refractivity contribution in [3.63, 3.8) is 0 Å². The van der Waals surface area contributed by atoms with Gasteiger partial charge in [-0.2, -0.15) is 0 Å². The summed E-state index contributed by atoms with van der Waals surface area (Å²) in [5, 5.41) is 5.19. The number of aromatic nitrogens is 1. The van der Waals surface area contributed by atoms with Gasteiger partial charge < -0.3 is 5.32 Å². The molecule has 0 atom stereocenters. The van der Waals surface area contributed by atoms with Crippen LogP contribution in [-0.4, -0.2) is 11.5 Å². The number of rotatable bonds is 6. The predicted molar refractivity (Wildman–Crippen MR) is 81.8 cm³/mol. The zero-order valence-electron chi connectivity index (χ0n) is 10.9. The maximum Gasteiger partial charge on any atom is 0.101 e. The second kappa shape index (κ2) is 7.53. The minimum Gasteiger partial charge on any atom is -0.313 e. The third-order valence-corrected chi connectivity index (χ3v) is 3.92. The van der Waals surface area contributed by atoms with Crippen LogP contribution in [0, 0.1) is 0 Å². The number of hydrogen-bond acceptors (Lipinski definition) is 3. The van der Waals surface area contributed by atoms with Crippen molar-refractivity contribution in [3.8, 4) is 0 Å². The first kappa shape index (κ1) is 14.4. The third-order valence-electron chi connectivity index (χ3n) is 2.62. The average Bonchev–Trinajstić information content (AvgIpc) is 2.43. The molecule has 0 amide bonds.